The van der Waals surface area contributed by atoms with Gasteiger partial charge in [-0.25, -0.2) is 14.6 Å². The minimum atomic E-state index is -0.740. The Morgan fingerprint density at radius 1 is 1.25 bits per heavy atom. The predicted octanol–water partition coefficient (Wildman–Crippen LogP) is 0.853. The number of aliphatic hydroxyl groups excluding tert-OH is 1. The third kappa shape index (κ3) is 4.95. The van der Waals surface area contributed by atoms with Crippen LogP contribution in [0.3, 0.4) is 0 Å². The molecule has 2 aromatic heterocycles. The quantitative estimate of drug-likeness (QED) is 0.652. The van der Waals surface area contributed by atoms with Crippen molar-refractivity contribution >= 4 is 11.8 Å². The Morgan fingerprint density at radius 2 is 1.97 bits per heavy atom. The summed E-state index contributed by atoms with van der Waals surface area (Å²) in [5.41, 5.74) is 1.37. The van der Waals surface area contributed by atoms with Crippen molar-refractivity contribution in [3.63, 3.8) is 0 Å². The lowest BCUT2D eigenvalue weighted by molar-refractivity contribution is -0.144. The van der Waals surface area contributed by atoms with Crippen LogP contribution in [0.15, 0.2) is 24.9 Å². The molecule has 3 heterocycles. The second-order valence-electron chi connectivity index (χ2n) is 9.85. The van der Waals surface area contributed by atoms with E-state index in [2.05, 4.69) is 25.6 Å². The molecule has 1 aliphatic heterocycles. The number of amides is 2. The maximum atomic E-state index is 13.7. The molecule has 4 rings (SSSR count). The van der Waals surface area contributed by atoms with Gasteiger partial charge < -0.3 is 15.3 Å². The van der Waals surface area contributed by atoms with Crippen LogP contribution in [0, 0.1) is 5.41 Å². The zero-order chi connectivity index (χ0) is 22.9. The third-order valence-electron chi connectivity index (χ3n) is 6.03. The van der Waals surface area contributed by atoms with Crippen LogP contribution in [0.25, 0.3) is 0 Å². The molecule has 2 fully saturated rings. The molecule has 2 amide bonds. The molecule has 0 spiro atoms. The van der Waals surface area contributed by atoms with E-state index in [1.165, 1.54) is 11.2 Å². The molecule has 0 aromatic carbocycles. The molecule has 1 saturated carbocycles. The average Bonchev–Trinajstić information content (AvgIpc) is 3.35. The van der Waals surface area contributed by atoms with Gasteiger partial charge in [0.1, 0.15) is 18.4 Å². The summed E-state index contributed by atoms with van der Waals surface area (Å²) in [6.07, 6.45) is 8.99. The van der Waals surface area contributed by atoms with E-state index in [1.54, 1.807) is 17.1 Å². The number of aromatic nitrogens is 5. The zero-order valence-electron chi connectivity index (χ0n) is 18.8. The molecule has 0 bridgehead atoms. The standard InChI is InChI=1S/C22H31N7O3/c1-22(2,3)19(29-12-17(26-27-29)15-4-5-15)21(32)28-11-16(30)8-18(28)20(31)25-7-6-14-9-23-13-24-10-14/h9-10,12-13,15-16,18-19,30H,4-8,11H2,1-3H3,(H,25,31)/t16-,18+,19-/m1/s1. The van der Waals surface area contributed by atoms with Crippen LogP contribution in [0.2, 0.25) is 0 Å². The van der Waals surface area contributed by atoms with E-state index in [4.69, 9.17) is 0 Å². The van der Waals surface area contributed by atoms with Crippen molar-refractivity contribution in [3.8, 4) is 0 Å². The Kier molecular flexibility index (Phi) is 6.23. The van der Waals surface area contributed by atoms with Gasteiger partial charge >= 0.3 is 0 Å². The van der Waals surface area contributed by atoms with Crippen LogP contribution >= 0.6 is 0 Å². The SMILES string of the molecule is CC(C)(C)[C@@H](C(=O)N1C[C@H](O)C[C@H]1C(=O)NCCc1cncnc1)n1cc(C2CC2)nn1. The first kappa shape index (κ1) is 22.3. The Morgan fingerprint density at radius 3 is 2.62 bits per heavy atom. The lowest BCUT2D eigenvalue weighted by Gasteiger charge is -2.34. The molecule has 1 aliphatic carbocycles. The van der Waals surface area contributed by atoms with Gasteiger partial charge in [-0.1, -0.05) is 26.0 Å². The second-order valence-corrected chi connectivity index (χ2v) is 9.85. The van der Waals surface area contributed by atoms with Crippen molar-refractivity contribution in [2.45, 2.75) is 70.6 Å². The first-order chi connectivity index (χ1) is 15.2. The number of nitrogens with zero attached hydrogens (tertiary/aromatic N) is 6. The molecule has 172 valence electrons. The summed E-state index contributed by atoms with van der Waals surface area (Å²) in [6, 6.07) is -1.34. The van der Waals surface area contributed by atoms with Crippen molar-refractivity contribution < 1.29 is 14.7 Å². The second kappa shape index (κ2) is 8.93. The molecule has 3 atom stereocenters. The van der Waals surface area contributed by atoms with E-state index in [0.29, 0.717) is 18.9 Å². The van der Waals surface area contributed by atoms with Crippen molar-refractivity contribution in [1.82, 2.24) is 35.2 Å². The van der Waals surface area contributed by atoms with Gasteiger partial charge in [0, 0.05) is 44.0 Å². The lowest BCUT2D eigenvalue weighted by Crippen LogP contribution is -2.50. The fraction of sp³-hybridized carbons (Fsp3) is 0.636. The summed E-state index contributed by atoms with van der Waals surface area (Å²) < 4.78 is 1.63. The third-order valence-corrected chi connectivity index (χ3v) is 6.03. The van der Waals surface area contributed by atoms with Gasteiger partial charge in [0.2, 0.25) is 11.8 Å². The molecule has 10 nitrogen and oxygen atoms in total. The number of likely N-dealkylation sites (tertiary alicyclic amines) is 1. The fourth-order valence-electron chi connectivity index (χ4n) is 4.23. The Labute approximate surface area is 187 Å². The molecule has 1 saturated heterocycles. The Hall–Kier alpha value is -2.88. The maximum Gasteiger partial charge on any atom is 0.248 e. The number of hydrogen-bond acceptors (Lipinski definition) is 7. The highest BCUT2D eigenvalue weighted by Gasteiger charge is 2.45. The molecule has 2 aliphatic rings. The lowest BCUT2D eigenvalue weighted by atomic mass is 9.85. The monoisotopic (exact) mass is 441 g/mol. The number of carbonyl (C=O) groups is 2. The first-order valence-corrected chi connectivity index (χ1v) is 11.2. The molecule has 0 radical (unpaired) electrons. The molecule has 32 heavy (non-hydrogen) atoms. The van der Waals surface area contributed by atoms with E-state index in [1.807, 2.05) is 27.0 Å². The number of aliphatic hydroxyl groups is 1. The number of β-amino-alcohol motifs (C(OH)–C–C–N with tert-alkyl or cyclic N) is 1. The van der Waals surface area contributed by atoms with Gasteiger partial charge in [-0.15, -0.1) is 5.10 Å². The molecule has 0 unspecified atom stereocenters. The van der Waals surface area contributed by atoms with Crippen LogP contribution in [0.5, 0.6) is 0 Å². The highest BCUT2D eigenvalue weighted by atomic mass is 16.3. The maximum absolute atomic E-state index is 13.7. The molecular weight excluding hydrogens is 410 g/mol. The van der Waals surface area contributed by atoms with Crippen molar-refractivity contribution in [2.24, 2.45) is 5.41 Å². The van der Waals surface area contributed by atoms with Crippen molar-refractivity contribution in [2.75, 3.05) is 13.1 Å². The summed E-state index contributed by atoms with van der Waals surface area (Å²) in [4.78, 5) is 36.0. The van der Waals surface area contributed by atoms with E-state index in [9.17, 15) is 14.7 Å². The van der Waals surface area contributed by atoms with Crippen molar-refractivity contribution in [3.05, 3.63) is 36.2 Å². The minimum absolute atomic E-state index is 0.125. The highest BCUT2D eigenvalue weighted by molar-refractivity contribution is 5.90. The van der Waals surface area contributed by atoms with E-state index >= 15 is 0 Å². The first-order valence-electron chi connectivity index (χ1n) is 11.2. The van der Waals surface area contributed by atoms with Crippen LogP contribution in [0.4, 0.5) is 0 Å². The molecule has 10 heteroatoms. The zero-order valence-corrected chi connectivity index (χ0v) is 18.8. The Bertz CT molecular complexity index is 952. The smallest absolute Gasteiger partial charge is 0.248 e. The van der Waals surface area contributed by atoms with Crippen LogP contribution in [0.1, 0.15) is 63.3 Å². The van der Waals surface area contributed by atoms with Crippen LogP contribution in [-0.4, -0.2) is 72.0 Å². The fourth-order valence-corrected chi connectivity index (χ4v) is 4.23. The van der Waals surface area contributed by atoms with Gasteiger partial charge in [0.15, 0.2) is 0 Å². The van der Waals surface area contributed by atoms with Crippen LogP contribution in [-0.2, 0) is 16.0 Å². The van der Waals surface area contributed by atoms with E-state index < -0.39 is 23.6 Å². The number of nitrogens with one attached hydrogen (secondary N) is 1. The number of rotatable bonds is 7. The highest BCUT2D eigenvalue weighted by Crippen LogP contribution is 2.40. The topological polar surface area (TPSA) is 126 Å². The van der Waals surface area contributed by atoms with Gasteiger partial charge in [0.05, 0.1) is 11.8 Å². The van der Waals surface area contributed by atoms with Gasteiger partial charge in [-0.05, 0) is 30.2 Å². The molecule has 2 aromatic rings. The van der Waals surface area contributed by atoms with E-state index in [0.717, 1.165) is 24.1 Å². The van der Waals surface area contributed by atoms with Gasteiger partial charge in [-0.3, -0.25) is 9.59 Å². The van der Waals surface area contributed by atoms with E-state index in [-0.39, 0.29) is 24.8 Å². The summed E-state index contributed by atoms with van der Waals surface area (Å²) in [6.45, 7) is 6.43. The number of carbonyl (C=O) groups excluding carboxylic acids is 2. The summed E-state index contributed by atoms with van der Waals surface area (Å²) in [5, 5.41) is 21.7. The normalized spacial score (nSPS) is 22.1. The molecule has 2 N–H and O–H groups in total. The Balaban J connectivity index is 1.47. The minimum Gasteiger partial charge on any atom is -0.391 e. The van der Waals surface area contributed by atoms with Gasteiger partial charge in [0.25, 0.3) is 0 Å². The summed E-state index contributed by atoms with van der Waals surface area (Å²) >= 11 is 0. The van der Waals surface area contributed by atoms with Gasteiger partial charge in [-0.2, -0.15) is 0 Å². The average molecular weight is 442 g/mol. The number of hydrogen-bond donors (Lipinski definition) is 2. The summed E-state index contributed by atoms with van der Waals surface area (Å²) in [5.74, 6) is -0.0591. The van der Waals surface area contributed by atoms with Crippen LogP contribution < -0.4 is 5.32 Å². The van der Waals surface area contributed by atoms with Crippen molar-refractivity contribution in [1.29, 1.82) is 0 Å². The largest absolute Gasteiger partial charge is 0.391 e. The summed E-state index contributed by atoms with van der Waals surface area (Å²) in [7, 11) is 0. The predicted molar refractivity (Wildman–Crippen MR) is 115 cm³/mol. The molecular formula is C22H31N7O3.